The number of thioether (sulfide) groups is 1. The molecule has 1 amide bonds. The van der Waals surface area contributed by atoms with Gasteiger partial charge < -0.3 is 10.6 Å². The second-order valence-corrected chi connectivity index (χ2v) is 7.77. The lowest BCUT2D eigenvalue weighted by Gasteiger charge is -2.36. The summed E-state index contributed by atoms with van der Waals surface area (Å²) in [6.07, 6.45) is 1.13. The lowest BCUT2D eigenvalue weighted by atomic mass is 9.94. The van der Waals surface area contributed by atoms with Crippen LogP contribution in [0.5, 0.6) is 0 Å². The van der Waals surface area contributed by atoms with Crippen molar-refractivity contribution in [3.63, 3.8) is 0 Å². The fraction of sp³-hybridized carbons (Fsp3) is 0.611. The molecule has 0 aromatic heterocycles. The van der Waals surface area contributed by atoms with Gasteiger partial charge in [0.15, 0.2) is 0 Å². The molecule has 4 nitrogen and oxygen atoms in total. The van der Waals surface area contributed by atoms with Crippen LogP contribution < -0.4 is 10.6 Å². The summed E-state index contributed by atoms with van der Waals surface area (Å²) >= 11 is 1.98. The summed E-state index contributed by atoms with van der Waals surface area (Å²) in [5.74, 6) is 2.91. The minimum Gasteiger partial charge on any atom is -0.350 e. The molecule has 5 heteroatoms. The summed E-state index contributed by atoms with van der Waals surface area (Å²) < 4.78 is 0. The summed E-state index contributed by atoms with van der Waals surface area (Å²) in [6.45, 7) is 6.14. The Hall–Kier alpha value is -1.04. The molecular formula is C18H27N3OS. The Labute approximate surface area is 143 Å². The second kappa shape index (κ2) is 8.18. The first kappa shape index (κ1) is 16.8. The van der Waals surface area contributed by atoms with Crippen molar-refractivity contribution in [1.82, 2.24) is 15.5 Å². The smallest absolute Gasteiger partial charge is 0.242 e. The summed E-state index contributed by atoms with van der Waals surface area (Å²) in [4.78, 5) is 15.4. The number of nitrogens with zero attached hydrogens (tertiary/aromatic N) is 1. The average molecular weight is 334 g/mol. The summed E-state index contributed by atoms with van der Waals surface area (Å²) in [5.41, 5.74) is 1.10. The Morgan fingerprint density at radius 2 is 2.04 bits per heavy atom. The van der Waals surface area contributed by atoms with Gasteiger partial charge in [0.2, 0.25) is 5.91 Å². The largest absolute Gasteiger partial charge is 0.350 e. The SMILES string of the molecule is CC1CCNCC1NC(=O)C(c1ccccc1)N1CCSCC1. The zero-order chi connectivity index (χ0) is 16.1. The van der Waals surface area contributed by atoms with E-state index >= 15 is 0 Å². The molecular weight excluding hydrogens is 306 g/mol. The molecule has 0 radical (unpaired) electrons. The van der Waals surface area contributed by atoms with Gasteiger partial charge in [0.05, 0.1) is 0 Å². The van der Waals surface area contributed by atoms with Gasteiger partial charge in [-0.3, -0.25) is 9.69 Å². The number of piperidine rings is 1. The van der Waals surface area contributed by atoms with E-state index in [1.165, 1.54) is 0 Å². The number of carbonyl (C=O) groups is 1. The average Bonchev–Trinajstić information content (AvgIpc) is 2.59. The fourth-order valence-corrected chi connectivity index (χ4v) is 4.37. The molecule has 0 bridgehead atoms. The van der Waals surface area contributed by atoms with Gasteiger partial charge in [-0.15, -0.1) is 0 Å². The standard InChI is InChI=1S/C18H27N3OS/c1-14-7-8-19-13-16(14)20-18(22)17(15-5-3-2-4-6-15)21-9-11-23-12-10-21/h2-6,14,16-17,19H,7-13H2,1H3,(H,20,22). The van der Waals surface area contributed by atoms with E-state index in [0.29, 0.717) is 5.92 Å². The predicted octanol–water partition coefficient (Wildman–Crippen LogP) is 1.89. The van der Waals surface area contributed by atoms with Crippen LogP contribution in [0.1, 0.15) is 24.9 Å². The Morgan fingerprint density at radius 1 is 1.30 bits per heavy atom. The molecule has 2 saturated heterocycles. The van der Waals surface area contributed by atoms with E-state index in [4.69, 9.17) is 0 Å². The lowest BCUT2D eigenvalue weighted by molar-refractivity contribution is -0.127. The zero-order valence-electron chi connectivity index (χ0n) is 13.8. The molecule has 23 heavy (non-hydrogen) atoms. The number of hydrogen-bond donors (Lipinski definition) is 2. The normalized spacial score (nSPS) is 27.3. The van der Waals surface area contributed by atoms with Crippen molar-refractivity contribution in [3.8, 4) is 0 Å². The summed E-state index contributed by atoms with van der Waals surface area (Å²) in [5, 5.41) is 6.71. The number of rotatable bonds is 4. The van der Waals surface area contributed by atoms with Gasteiger partial charge in [-0.1, -0.05) is 37.3 Å². The molecule has 2 N–H and O–H groups in total. The molecule has 1 aromatic carbocycles. The molecule has 2 heterocycles. The van der Waals surface area contributed by atoms with Crippen LogP contribution in [0.25, 0.3) is 0 Å². The third-order valence-electron chi connectivity index (χ3n) is 4.93. The van der Waals surface area contributed by atoms with E-state index in [0.717, 1.165) is 49.7 Å². The Kier molecular flexibility index (Phi) is 5.97. The first-order valence-electron chi connectivity index (χ1n) is 8.63. The minimum atomic E-state index is -0.161. The summed E-state index contributed by atoms with van der Waals surface area (Å²) in [6, 6.07) is 10.3. The molecule has 3 atom stereocenters. The maximum Gasteiger partial charge on any atom is 0.242 e. The number of benzene rings is 1. The molecule has 0 saturated carbocycles. The minimum absolute atomic E-state index is 0.156. The van der Waals surface area contributed by atoms with Crippen LogP contribution >= 0.6 is 11.8 Å². The van der Waals surface area contributed by atoms with Crippen molar-refractivity contribution in [2.75, 3.05) is 37.7 Å². The molecule has 126 valence electrons. The van der Waals surface area contributed by atoms with Crippen LogP contribution in [0.15, 0.2) is 30.3 Å². The molecule has 2 fully saturated rings. The second-order valence-electron chi connectivity index (χ2n) is 6.55. The molecule has 0 spiro atoms. The Bertz CT molecular complexity index is 504. The quantitative estimate of drug-likeness (QED) is 0.883. The van der Waals surface area contributed by atoms with Gasteiger partial charge in [-0.2, -0.15) is 11.8 Å². The highest BCUT2D eigenvalue weighted by atomic mass is 32.2. The van der Waals surface area contributed by atoms with E-state index in [2.05, 4.69) is 34.6 Å². The molecule has 2 aliphatic heterocycles. The van der Waals surface area contributed by atoms with Crippen molar-refractivity contribution in [2.24, 2.45) is 5.92 Å². The van der Waals surface area contributed by atoms with Crippen LogP contribution in [0.4, 0.5) is 0 Å². The Morgan fingerprint density at radius 3 is 2.74 bits per heavy atom. The predicted molar refractivity (Wildman–Crippen MR) is 96.7 cm³/mol. The van der Waals surface area contributed by atoms with Crippen LogP contribution in [-0.2, 0) is 4.79 Å². The third kappa shape index (κ3) is 4.28. The van der Waals surface area contributed by atoms with Crippen molar-refractivity contribution in [1.29, 1.82) is 0 Å². The van der Waals surface area contributed by atoms with Crippen LogP contribution in [0.2, 0.25) is 0 Å². The van der Waals surface area contributed by atoms with Gasteiger partial charge >= 0.3 is 0 Å². The number of amides is 1. The van der Waals surface area contributed by atoms with Gasteiger partial charge in [0, 0.05) is 37.2 Å². The van der Waals surface area contributed by atoms with Crippen LogP contribution in [0.3, 0.4) is 0 Å². The highest BCUT2D eigenvalue weighted by Crippen LogP contribution is 2.25. The van der Waals surface area contributed by atoms with E-state index < -0.39 is 0 Å². The maximum absolute atomic E-state index is 13.1. The van der Waals surface area contributed by atoms with Crippen molar-refractivity contribution in [2.45, 2.75) is 25.4 Å². The lowest BCUT2D eigenvalue weighted by Crippen LogP contribution is -2.53. The van der Waals surface area contributed by atoms with Gasteiger partial charge in [-0.25, -0.2) is 0 Å². The third-order valence-corrected chi connectivity index (χ3v) is 5.87. The monoisotopic (exact) mass is 333 g/mol. The van der Waals surface area contributed by atoms with E-state index in [9.17, 15) is 4.79 Å². The highest BCUT2D eigenvalue weighted by Gasteiger charge is 2.31. The maximum atomic E-state index is 13.1. The molecule has 0 aliphatic carbocycles. The number of carbonyl (C=O) groups excluding carboxylic acids is 1. The zero-order valence-corrected chi connectivity index (χ0v) is 14.6. The highest BCUT2D eigenvalue weighted by molar-refractivity contribution is 7.99. The molecule has 3 rings (SSSR count). The molecule has 1 aromatic rings. The van der Waals surface area contributed by atoms with Crippen LogP contribution in [0, 0.1) is 5.92 Å². The first-order chi connectivity index (χ1) is 11.3. The van der Waals surface area contributed by atoms with Crippen molar-refractivity contribution >= 4 is 17.7 Å². The van der Waals surface area contributed by atoms with E-state index in [1.807, 2.05) is 30.0 Å². The van der Waals surface area contributed by atoms with Crippen LogP contribution in [-0.4, -0.2) is 54.5 Å². The first-order valence-corrected chi connectivity index (χ1v) is 9.79. The van der Waals surface area contributed by atoms with E-state index in [1.54, 1.807) is 0 Å². The van der Waals surface area contributed by atoms with Gasteiger partial charge in [-0.05, 0) is 24.4 Å². The number of nitrogens with one attached hydrogen (secondary N) is 2. The number of hydrogen-bond acceptors (Lipinski definition) is 4. The van der Waals surface area contributed by atoms with Gasteiger partial charge in [0.25, 0.3) is 0 Å². The molecule has 2 aliphatic rings. The van der Waals surface area contributed by atoms with Gasteiger partial charge in [0.1, 0.15) is 6.04 Å². The Balaban J connectivity index is 1.75. The van der Waals surface area contributed by atoms with Crippen molar-refractivity contribution in [3.05, 3.63) is 35.9 Å². The topological polar surface area (TPSA) is 44.4 Å². The molecule has 3 unspecified atom stereocenters. The van der Waals surface area contributed by atoms with E-state index in [-0.39, 0.29) is 18.0 Å². The fourth-order valence-electron chi connectivity index (χ4n) is 3.44. The summed E-state index contributed by atoms with van der Waals surface area (Å²) in [7, 11) is 0. The van der Waals surface area contributed by atoms with Crippen molar-refractivity contribution < 1.29 is 4.79 Å².